The number of amides is 1. The number of carbonyl (C=O) groups excluding carboxylic acids is 1. The lowest BCUT2D eigenvalue weighted by atomic mass is 9.87. The van der Waals surface area contributed by atoms with E-state index in [9.17, 15) is 17.6 Å². The Kier molecular flexibility index (Phi) is 8.14. The summed E-state index contributed by atoms with van der Waals surface area (Å²) in [5, 5.41) is 0. The predicted molar refractivity (Wildman–Crippen MR) is 153 cm³/mol. The summed E-state index contributed by atoms with van der Waals surface area (Å²) in [6.07, 6.45) is 6.00. The Labute approximate surface area is 234 Å². The number of rotatable bonds is 9. The second-order valence-corrected chi connectivity index (χ2v) is 12.0. The summed E-state index contributed by atoms with van der Waals surface area (Å²) in [5.74, 6) is -0.108. The van der Waals surface area contributed by atoms with Gasteiger partial charge in [-0.3, -0.25) is 4.79 Å². The van der Waals surface area contributed by atoms with Gasteiger partial charge in [0.15, 0.2) is 0 Å². The van der Waals surface area contributed by atoms with Crippen molar-refractivity contribution in [3.63, 3.8) is 0 Å². The first-order valence-electron chi connectivity index (χ1n) is 13.4. The normalized spacial score (nSPS) is 15.8. The standard InChI is InChI=1S/C31H33FN4O3S/c1-22(23-9-4-3-5-10-23)19-31(37)36(21-30-33-17-18-35(30)2)25-16-15-24-11-8-13-28(26(24)20-25)34-40(38,39)29-14-7-6-12-27(29)32/h3-7,9-10,12,14-18,20,22,28,34H,8,11,13,19,21H2,1-2H3/t22-,28+/m0/s1. The van der Waals surface area contributed by atoms with E-state index in [0.29, 0.717) is 18.5 Å². The van der Waals surface area contributed by atoms with Gasteiger partial charge >= 0.3 is 0 Å². The molecular formula is C31H33FN4O3S. The molecule has 208 valence electrons. The first-order chi connectivity index (χ1) is 19.2. The van der Waals surface area contributed by atoms with Crippen molar-refractivity contribution in [3.05, 3.63) is 114 Å². The van der Waals surface area contributed by atoms with Crippen molar-refractivity contribution in [1.82, 2.24) is 14.3 Å². The predicted octanol–water partition coefficient (Wildman–Crippen LogP) is 5.64. The number of hydrogen-bond acceptors (Lipinski definition) is 4. The van der Waals surface area contributed by atoms with Gasteiger partial charge in [-0.15, -0.1) is 0 Å². The Hall–Kier alpha value is -3.82. The number of benzene rings is 3. The molecule has 1 amide bonds. The van der Waals surface area contributed by atoms with Crippen LogP contribution in [0.2, 0.25) is 0 Å². The number of nitrogens with one attached hydrogen (secondary N) is 1. The first kappa shape index (κ1) is 27.7. The maximum Gasteiger partial charge on any atom is 0.244 e. The number of aromatic nitrogens is 2. The van der Waals surface area contributed by atoms with Crippen LogP contribution in [0.3, 0.4) is 0 Å². The summed E-state index contributed by atoms with van der Waals surface area (Å²) >= 11 is 0. The highest BCUT2D eigenvalue weighted by molar-refractivity contribution is 7.89. The van der Waals surface area contributed by atoms with Crippen molar-refractivity contribution in [3.8, 4) is 0 Å². The molecule has 1 aliphatic carbocycles. The van der Waals surface area contributed by atoms with Crippen molar-refractivity contribution in [2.75, 3.05) is 4.90 Å². The van der Waals surface area contributed by atoms with E-state index in [2.05, 4.69) is 9.71 Å². The maximum absolute atomic E-state index is 14.4. The molecule has 0 saturated heterocycles. The molecule has 1 heterocycles. The van der Waals surface area contributed by atoms with Crippen LogP contribution in [-0.4, -0.2) is 23.9 Å². The molecule has 7 nitrogen and oxygen atoms in total. The van der Waals surface area contributed by atoms with Gasteiger partial charge in [-0.1, -0.05) is 55.5 Å². The number of fused-ring (bicyclic) bond motifs is 1. The number of hydrogen-bond donors (Lipinski definition) is 1. The van der Waals surface area contributed by atoms with Crippen LogP contribution in [0.25, 0.3) is 0 Å². The minimum atomic E-state index is -4.09. The Morgan fingerprint density at radius 3 is 2.60 bits per heavy atom. The smallest absolute Gasteiger partial charge is 0.244 e. The fourth-order valence-electron chi connectivity index (χ4n) is 5.28. The van der Waals surface area contributed by atoms with Gasteiger partial charge in [0.1, 0.15) is 16.5 Å². The molecular weight excluding hydrogens is 527 g/mol. The van der Waals surface area contributed by atoms with E-state index in [-0.39, 0.29) is 23.3 Å². The van der Waals surface area contributed by atoms with Crippen LogP contribution >= 0.6 is 0 Å². The fraction of sp³-hybridized carbons (Fsp3) is 0.290. The molecule has 5 rings (SSSR count). The van der Waals surface area contributed by atoms with Gasteiger partial charge in [0, 0.05) is 37.6 Å². The summed E-state index contributed by atoms with van der Waals surface area (Å²) in [6.45, 7) is 2.31. The van der Waals surface area contributed by atoms with Gasteiger partial charge in [-0.2, -0.15) is 0 Å². The Bertz CT molecular complexity index is 1600. The highest BCUT2D eigenvalue weighted by Gasteiger charge is 2.29. The first-order valence-corrected chi connectivity index (χ1v) is 14.9. The SMILES string of the molecule is C[C@@H](CC(=O)N(Cc1nccn1C)c1ccc2c(c1)[C@H](NS(=O)(=O)c1ccccc1F)CCC2)c1ccccc1. The van der Waals surface area contributed by atoms with Gasteiger partial charge in [-0.05, 0) is 66.1 Å². The Morgan fingerprint density at radius 2 is 1.88 bits per heavy atom. The van der Waals surface area contributed by atoms with Gasteiger partial charge in [0.2, 0.25) is 15.9 Å². The van der Waals surface area contributed by atoms with Crippen molar-refractivity contribution >= 4 is 21.6 Å². The minimum absolute atomic E-state index is 0.00975. The van der Waals surface area contributed by atoms with Crippen molar-refractivity contribution in [2.45, 2.75) is 56.0 Å². The van der Waals surface area contributed by atoms with E-state index in [1.165, 1.54) is 18.2 Å². The largest absolute Gasteiger partial charge is 0.337 e. The maximum atomic E-state index is 14.4. The summed E-state index contributed by atoms with van der Waals surface area (Å²) < 4.78 is 45.2. The Balaban J connectivity index is 1.47. The van der Waals surface area contributed by atoms with Gasteiger partial charge < -0.3 is 9.47 Å². The second-order valence-electron chi connectivity index (χ2n) is 10.3. The molecule has 0 spiro atoms. The monoisotopic (exact) mass is 560 g/mol. The van der Waals surface area contributed by atoms with E-state index < -0.39 is 21.9 Å². The third-order valence-electron chi connectivity index (χ3n) is 7.55. The number of sulfonamides is 1. The molecule has 40 heavy (non-hydrogen) atoms. The van der Waals surface area contributed by atoms with Gasteiger partial charge in [0.25, 0.3) is 0 Å². The molecule has 1 aliphatic rings. The lowest BCUT2D eigenvalue weighted by Gasteiger charge is -2.30. The average Bonchev–Trinajstić information content (AvgIpc) is 3.36. The molecule has 0 saturated carbocycles. The van der Waals surface area contributed by atoms with Crippen molar-refractivity contribution in [1.29, 1.82) is 0 Å². The Morgan fingerprint density at radius 1 is 1.12 bits per heavy atom. The highest BCUT2D eigenvalue weighted by Crippen LogP contribution is 2.35. The molecule has 0 aliphatic heterocycles. The molecule has 0 bridgehead atoms. The molecule has 3 aromatic carbocycles. The zero-order chi connectivity index (χ0) is 28.3. The number of imidazole rings is 1. The molecule has 2 atom stereocenters. The van der Waals surface area contributed by atoms with Crippen LogP contribution in [0.4, 0.5) is 10.1 Å². The van der Waals surface area contributed by atoms with Crippen LogP contribution in [0.5, 0.6) is 0 Å². The fourth-order valence-corrected chi connectivity index (χ4v) is 6.60. The van der Waals surface area contributed by atoms with Crippen LogP contribution in [-0.2, 0) is 34.8 Å². The second kappa shape index (κ2) is 11.7. The van der Waals surface area contributed by atoms with E-state index >= 15 is 0 Å². The third kappa shape index (κ3) is 6.00. The zero-order valence-corrected chi connectivity index (χ0v) is 23.4. The number of halogens is 1. The number of nitrogens with zero attached hydrogens (tertiary/aromatic N) is 3. The molecule has 0 fully saturated rings. The number of anilines is 1. The highest BCUT2D eigenvalue weighted by atomic mass is 32.2. The molecule has 0 radical (unpaired) electrons. The van der Waals surface area contributed by atoms with E-state index in [0.717, 1.165) is 41.4 Å². The minimum Gasteiger partial charge on any atom is -0.337 e. The summed E-state index contributed by atoms with van der Waals surface area (Å²) in [5.41, 5.74) is 3.57. The summed E-state index contributed by atoms with van der Waals surface area (Å²) in [6, 6.07) is 20.5. The van der Waals surface area contributed by atoms with Crippen LogP contribution in [0.15, 0.2) is 90.1 Å². The number of aryl methyl sites for hydroxylation is 2. The quantitative estimate of drug-likeness (QED) is 0.287. The van der Waals surface area contributed by atoms with Gasteiger partial charge in [-0.25, -0.2) is 22.5 Å². The number of carbonyl (C=O) groups is 1. The van der Waals surface area contributed by atoms with Crippen LogP contribution in [0.1, 0.15) is 60.7 Å². The zero-order valence-electron chi connectivity index (χ0n) is 22.6. The topological polar surface area (TPSA) is 84.3 Å². The van der Waals surface area contributed by atoms with Crippen LogP contribution in [0, 0.1) is 5.82 Å². The third-order valence-corrected chi connectivity index (χ3v) is 9.05. The van der Waals surface area contributed by atoms with E-state index in [1.54, 1.807) is 11.1 Å². The molecule has 0 unspecified atom stereocenters. The molecule has 1 N–H and O–H groups in total. The van der Waals surface area contributed by atoms with Gasteiger partial charge in [0.05, 0.1) is 6.54 Å². The average molecular weight is 561 g/mol. The lowest BCUT2D eigenvalue weighted by molar-refractivity contribution is -0.119. The molecule has 4 aromatic rings. The van der Waals surface area contributed by atoms with Crippen molar-refractivity contribution in [2.24, 2.45) is 7.05 Å². The van der Waals surface area contributed by atoms with Crippen LogP contribution < -0.4 is 9.62 Å². The summed E-state index contributed by atoms with van der Waals surface area (Å²) in [4.78, 5) is 19.6. The van der Waals surface area contributed by atoms with E-state index in [1.807, 2.05) is 73.3 Å². The summed E-state index contributed by atoms with van der Waals surface area (Å²) in [7, 11) is -2.21. The lowest BCUT2D eigenvalue weighted by Crippen LogP contribution is -2.34. The molecule has 9 heteroatoms. The molecule has 1 aromatic heterocycles. The van der Waals surface area contributed by atoms with E-state index in [4.69, 9.17) is 0 Å². The van der Waals surface area contributed by atoms with Crippen molar-refractivity contribution < 1.29 is 17.6 Å².